The Morgan fingerprint density at radius 1 is 1.24 bits per heavy atom. The van der Waals surface area contributed by atoms with Gasteiger partial charge >= 0.3 is 11.9 Å². The summed E-state index contributed by atoms with van der Waals surface area (Å²) in [6.45, 7) is 4.13. The first-order valence-corrected chi connectivity index (χ1v) is 11.1. The van der Waals surface area contributed by atoms with Crippen LogP contribution in [0.3, 0.4) is 0 Å². The fourth-order valence-electron chi connectivity index (χ4n) is 3.73. The Morgan fingerprint density at radius 3 is 2.50 bits per heavy atom. The minimum atomic E-state index is -1.68. The van der Waals surface area contributed by atoms with Crippen molar-refractivity contribution in [1.29, 1.82) is 0 Å². The molecule has 5 atom stereocenters. The Balaban J connectivity index is 2.17. The number of likely N-dealkylation sites (tertiary alicyclic amines) is 1. The molecule has 3 amide bonds. The fourth-order valence-corrected chi connectivity index (χ4v) is 3.73. The van der Waals surface area contributed by atoms with Gasteiger partial charge in [-0.3, -0.25) is 19.2 Å². The molecular weight excluding hydrogens is 448 g/mol. The quantitative estimate of drug-likeness (QED) is 0.213. The summed E-state index contributed by atoms with van der Waals surface area (Å²) < 4.78 is 0. The molecule has 1 fully saturated rings. The average molecular weight is 481 g/mol. The average Bonchev–Trinajstić information content (AvgIpc) is 3.48. The predicted molar refractivity (Wildman–Crippen MR) is 118 cm³/mol. The molecule has 1 saturated heterocycles. The smallest absolute Gasteiger partial charge is 0.326 e. The Hall–Kier alpha value is -3.48. The molecule has 0 radical (unpaired) electrons. The molecule has 1 aliphatic heterocycles. The van der Waals surface area contributed by atoms with Crippen LogP contribution in [0.4, 0.5) is 0 Å². The molecule has 0 aliphatic carbocycles. The number of aromatic amines is 1. The highest BCUT2D eigenvalue weighted by atomic mass is 16.4. The number of carboxylic acids is 2. The Kier molecular flexibility index (Phi) is 9.54. The molecule has 0 aromatic carbocycles. The first-order chi connectivity index (χ1) is 16.0. The summed E-state index contributed by atoms with van der Waals surface area (Å²) in [4.78, 5) is 69.2. The first-order valence-electron chi connectivity index (χ1n) is 11.1. The number of nitrogens with one attached hydrogen (secondary N) is 3. The van der Waals surface area contributed by atoms with Crippen LogP contribution in [0.2, 0.25) is 0 Å². The maximum Gasteiger partial charge on any atom is 0.326 e. The van der Waals surface area contributed by atoms with Gasteiger partial charge in [-0.05, 0) is 18.8 Å². The minimum Gasteiger partial charge on any atom is -0.481 e. The molecule has 13 heteroatoms. The standard InChI is InChI=1S/C21H32N6O7/c1-3-11(2)17(22)20(32)27-6-4-5-15(27)19(31)25-13(7-12-9-23-10-24-12)18(30)26-14(21(33)34)8-16(28)29/h9-11,13-15,17H,3-8,22H2,1-2H3,(H,23,24)(H,25,31)(H,26,30)(H,28,29)(H,33,34). The number of carboxylic acid groups (broad SMARTS) is 2. The topological polar surface area (TPSA) is 208 Å². The molecule has 0 spiro atoms. The zero-order valence-electron chi connectivity index (χ0n) is 19.2. The van der Waals surface area contributed by atoms with Gasteiger partial charge in [-0.15, -0.1) is 0 Å². The van der Waals surface area contributed by atoms with Crippen LogP contribution in [0.15, 0.2) is 12.5 Å². The Bertz CT molecular complexity index is 890. The number of amides is 3. The van der Waals surface area contributed by atoms with Crippen LogP contribution in [0.1, 0.15) is 45.2 Å². The second-order valence-corrected chi connectivity index (χ2v) is 8.44. The van der Waals surface area contributed by atoms with Crippen LogP contribution >= 0.6 is 0 Å². The number of nitrogens with zero attached hydrogens (tertiary/aromatic N) is 2. The third-order valence-corrected chi connectivity index (χ3v) is 5.99. The number of carbonyl (C=O) groups is 5. The molecule has 1 aromatic heterocycles. The molecule has 1 aliphatic rings. The molecule has 0 bridgehead atoms. The van der Waals surface area contributed by atoms with Crippen LogP contribution in [0.5, 0.6) is 0 Å². The highest BCUT2D eigenvalue weighted by molar-refractivity contribution is 5.95. The largest absolute Gasteiger partial charge is 0.481 e. The van der Waals surface area contributed by atoms with Crippen LogP contribution in [0, 0.1) is 5.92 Å². The van der Waals surface area contributed by atoms with Crippen molar-refractivity contribution in [3.8, 4) is 0 Å². The van der Waals surface area contributed by atoms with E-state index in [1.807, 2.05) is 13.8 Å². The van der Waals surface area contributed by atoms with E-state index in [-0.39, 0.29) is 18.2 Å². The lowest BCUT2D eigenvalue weighted by atomic mass is 9.98. The number of aliphatic carboxylic acids is 2. The van der Waals surface area contributed by atoms with E-state index in [1.165, 1.54) is 17.4 Å². The van der Waals surface area contributed by atoms with Gasteiger partial charge in [0.2, 0.25) is 17.7 Å². The van der Waals surface area contributed by atoms with Crippen LogP contribution < -0.4 is 16.4 Å². The van der Waals surface area contributed by atoms with Crippen molar-refractivity contribution in [3.05, 3.63) is 18.2 Å². The van der Waals surface area contributed by atoms with Crippen LogP contribution in [-0.2, 0) is 30.4 Å². The van der Waals surface area contributed by atoms with Crippen molar-refractivity contribution in [2.75, 3.05) is 6.54 Å². The lowest BCUT2D eigenvalue weighted by Gasteiger charge is -2.30. The van der Waals surface area contributed by atoms with Gasteiger partial charge in [0.05, 0.1) is 18.8 Å². The van der Waals surface area contributed by atoms with Gasteiger partial charge < -0.3 is 36.5 Å². The fraction of sp³-hybridized carbons (Fsp3) is 0.619. The summed E-state index contributed by atoms with van der Waals surface area (Å²) >= 11 is 0. The van der Waals surface area contributed by atoms with Crippen LogP contribution in [-0.4, -0.2) is 85.5 Å². The number of rotatable bonds is 12. The third kappa shape index (κ3) is 7.01. The molecule has 2 heterocycles. The van der Waals surface area contributed by atoms with E-state index >= 15 is 0 Å². The molecule has 0 saturated carbocycles. The highest BCUT2D eigenvalue weighted by Gasteiger charge is 2.39. The van der Waals surface area contributed by atoms with E-state index in [4.69, 9.17) is 10.8 Å². The normalized spacial score (nSPS) is 19.0. The molecule has 7 N–H and O–H groups in total. The van der Waals surface area contributed by atoms with Crippen molar-refractivity contribution in [2.24, 2.45) is 11.7 Å². The summed E-state index contributed by atoms with van der Waals surface area (Å²) in [6, 6.07) is -4.49. The lowest BCUT2D eigenvalue weighted by Crippen LogP contribution is -2.57. The van der Waals surface area contributed by atoms with E-state index in [2.05, 4.69) is 20.6 Å². The summed E-state index contributed by atoms with van der Waals surface area (Å²) in [5.41, 5.74) is 6.56. The monoisotopic (exact) mass is 480 g/mol. The Morgan fingerprint density at radius 2 is 1.94 bits per heavy atom. The number of nitrogens with two attached hydrogens (primary N) is 1. The molecule has 13 nitrogen and oxygen atoms in total. The first kappa shape index (κ1) is 26.8. The predicted octanol–water partition coefficient (Wildman–Crippen LogP) is -1.15. The van der Waals surface area contributed by atoms with Gasteiger partial charge in [-0.1, -0.05) is 20.3 Å². The molecular formula is C21H32N6O7. The van der Waals surface area contributed by atoms with Gasteiger partial charge in [0.1, 0.15) is 18.1 Å². The number of aromatic nitrogens is 2. The van der Waals surface area contributed by atoms with Gasteiger partial charge in [0.25, 0.3) is 0 Å². The number of carbonyl (C=O) groups excluding carboxylic acids is 3. The summed E-state index contributed by atoms with van der Waals surface area (Å²) in [7, 11) is 0. The second kappa shape index (κ2) is 12.1. The summed E-state index contributed by atoms with van der Waals surface area (Å²) in [5.74, 6) is -4.78. The number of hydrogen-bond donors (Lipinski definition) is 6. The van der Waals surface area contributed by atoms with Crippen molar-refractivity contribution >= 4 is 29.7 Å². The number of imidazole rings is 1. The van der Waals surface area contributed by atoms with E-state index in [0.29, 0.717) is 31.5 Å². The lowest BCUT2D eigenvalue weighted by molar-refractivity contribution is -0.147. The summed E-state index contributed by atoms with van der Waals surface area (Å²) in [6.07, 6.45) is 3.62. The van der Waals surface area contributed by atoms with Crippen molar-refractivity contribution in [1.82, 2.24) is 25.5 Å². The molecule has 2 rings (SSSR count). The molecule has 5 unspecified atom stereocenters. The van der Waals surface area contributed by atoms with Crippen molar-refractivity contribution in [2.45, 2.75) is 70.1 Å². The molecule has 188 valence electrons. The van der Waals surface area contributed by atoms with Crippen LogP contribution in [0.25, 0.3) is 0 Å². The highest BCUT2D eigenvalue weighted by Crippen LogP contribution is 2.21. The van der Waals surface area contributed by atoms with Gasteiger partial charge in [-0.2, -0.15) is 0 Å². The zero-order chi connectivity index (χ0) is 25.4. The van der Waals surface area contributed by atoms with E-state index < -0.39 is 54.3 Å². The van der Waals surface area contributed by atoms with E-state index in [9.17, 15) is 29.1 Å². The van der Waals surface area contributed by atoms with Crippen molar-refractivity contribution in [3.63, 3.8) is 0 Å². The van der Waals surface area contributed by atoms with Crippen molar-refractivity contribution < 1.29 is 34.2 Å². The summed E-state index contributed by atoms with van der Waals surface area (Å²) in [5, 5.41) is 22.9. The third-order valence-electron chi connectivity index (χ3n) is 5.99. The molecule has 34 heavy (non-hydrogen) atoms. The van der Waals surface area contributed by atoms with E-state index in [1.54, 1.807) is 0 Å². The molecule has 1 aromatic rings. The minimum absolute atomic E-state index is 0.0516. The maximum atomic E-state index is 13.1. The van der Waals surface area contributed by atoms with E-state index in [0.717, 1.165) is 0 Å². The Labute approximate surface area is 196 Å². The van der Waals surface area contributed by atoms with Gasteiger partial charge in [-0.25, -0.2) is 9.78 Å². The maximum absolute atomic E-state index is 13.1. The zero-order valence-corrected chi connectivity index (χ0v) is 19.2. The second-order valence-electron chi connectivity index (χ2n) is 8.44. The number of hydrogen-bond acceptors (Lipinski definition) is 7. The number of H-pyrrole nitrogens is 1. The van der Waals surface area contributed by atoms with Gasteiger partial charge in [0, 0.05) is 24.9 Å². The SMILES string of the molecule is CCC(C)C(N)C(=O)N1CCCC1C(=O)NC(Cc1cnc[nH]1)C(=O)NC(CC(=O)O)C(=O)O. The van der Waals surface area contributed by atoms with Gasteiger partial charge in [0.15, 0.2) is 0 Å².